The van der Waals surface area contributed by atoms with Gasteiger partial charge in [0, 0.05) is 38.8 Å². The molecule has 3 rings (SSSR count). The summed E-state index contributed by atoms with van der Waals surface area (Å²) in [5.41, 5.74) is 1.07. The predicted molar refractivity (Wildman–Crippen MR) is 106 cm³/mol. The Morgan fingerprint density at radius 1 is 1.15 bits per heavy atom. The lowest BCUT2D eigenvalue weighted by atomic mass is 9.79. The SMILES string of the molecule is CCC1(CC)CC(CCN2CCN(c3ccccc3OC)CC2)NC1=O. The third-order valence-electron chi connectivity index (χ3n) is 6.40. The maximum absolute atomic E-state index is 12.3. The number of amides is 1. The van der Waals surface area contributed by atoms with Crippen LogP contribution in [0.3, 0.4) is 0 Å². The standard InChI is InChI=1S/C21H33N3O2/c1-4-21(5-2)16-17(22-20(21)25)10-11-23-12-14-24(15-13-23)18-8-6-7-9-19(18)26-3/h6-9,17H,4-5,10-16H2,1-3H3,(H,22,25). The van der Waals surface area contributed by atoms with E-state index in [2.05, 4.69) is 41.1 Å². The molecule has 0 radical (unpaired) electrons. The van der Waals surface area contributed by atoms with E-state index in [1.807, 2.05) is 12.1 Å². The summed E-state index contributed by atoms with van der Waals surface area (Å²) in [7, 11) is 1.73. The molecule has 144 valence electrons. The summed E-state index contributed by atoms with van der Waals surface area (Å²) >= 11 is 0. The molecule has 0 spiro atoms. The zero-order valence-electron chi connectivity index (χ0n) is 16.5. The van der Waals surface area contributed by atoms with Gasteiger partial charge < -0.3 is 15.0 Å². The van der Waals surface area contributed by atoms with E-state index in [1.54, 1.807) is 7.11 Å². The van der Waals surface area contributed by atoms with Crippen LogP contribution in [-0.2, 0) is 4.79 Å². The first-order valence-electron chi connectivity index (χ1n) is 10.0. The van der Waals surface area contributed by atoms with Gasteiger partial charge in [-0.15, -0.1) is 0 Å². The Labute approximate surface area is 157 Å². The van der Waals surface area contributed by atoms with Crippen molar-refractivity contribution in [2.24, 2.45) is 5.41 Å². The Kier molecular flexibility index (Phi) is 6.07. The molecule has 5 nitrogen and oxygen atoms in total. The predicted octanol–water partition coefficient (Wildman–Crippen LogP) is 2.90. The van der Waals surface area contributed by atoms with Crippen molar-refractivity contribution in [1.29, 1.82) is 0 Å². The number of carbonyl (C=O) groups is 1. The van der Waals surface area contributed by atoms with Crippen LogP contribution in [0.5, 0.6) is 5.75 Å². The van der Waals surface area contributed by atoms with Gasteiger partial charge in [0.1, 0.15) is 5.75 Å². The largest absolute Gasteiger partial charge is 0.495 e. The maximum Gasteiger partial charge on any atom is 0.226 e. The first-order chi connectivity index (χ1) is 12.6. The highest BCUT2D eigenvalue weighted by Crippen LogP contribution is 2.37. The lowest BCUT2D eigenvalue weighted by Gasteiger charge is -2.37. The summed E-state index contributed by atoms with van der Waals surface area (Å²) in [5, 5.41) is 3.24. The quantitative estimate of drug-likeness (QED) is 0.813. The molecule has 1 aromatic carbocycles. The van der Waals surface area contributed by atoms with Crippen molar-refractivity contribution >= 4 is 11.6 Å². The molecule has 2 aliphatic heterocycles. The van der Waals surface area contributed by atoms with Crippen LogP contribution in [0.25, 0.3) is 0 Å². The molecule has 2 aliphatic rings. The number of nitrogens with zero attached hydrogens (tertiary/aromatic N) is 2. The van der Waals surface area contributed by atoms with Gasteiger partial charge in [0.25, 0.3) is 0 Å². The Morgan fingerprint density at radius 3 is 2.46 bits per heavy atom. The van der Waals surface area contributed by atoms with Crippen LogP contribution in [0.1, 0.15) is 39.5 Å². The Morgan fingerprint density at radius 2 is 1.85 bits per heavy atom. The van der Waals surface area contributed by atoms with Crippen molar-refractivity contribution < 1.29 is 9.53 Å². The van der Waals surface area contributed by atoms with Crippen molar-refractivity contribution in [2.45, 2.75) is 45.6 Å². The summed E-state index contributed by atoms with van der Waals surface area (Å²) < 4.78 is 5.50. The minimum Gasteiger partial charge on any atom is -0.495 e. The topological polar surface area (TPSA) is 44.8 Å². The number of para-hydroxylation sites is 2. The monoisotopic (exact) mass is 359 g/mol. The second-order valence-electron chi connectivity index (χ2n) is 7.65. The summed E-state index contributed by atoms with van der Waals surface area (Å²) in [6, 6.07) is 8.59. The van der Waals surface area contributed by atoms with Crippen LogP contribution >= 0.6 is 0 Å². The number of hydrogen-bond acceptors (Lipinski definition) is 4. The molecule has 0 aromatic heterocycles. The first kappa shape index (κ1) is 19.0. The van der Waals surface area contributed by atoms with Crippen LogP contribution in [0.4, 0.5) is 5.69 Å². The molecule has 26 heavy (non-hydrogen) atoms. The van der Waals surface area contributed by atoms with Crippen LogP contribution in [0, 0.1) is 5.41 Å². The van der Waals surface area contributed by atoms with E-state index in [1.165, 1.54) is 5.69 Å². The number of ether oxygens (including phenoxy) is 1. The minimum atomic E-state index is -0.118. The van der Waals surface area contributed by atoms with Gasteiger partial charge in [-0.25, -0.2) is 0 Å². The van der Waals surface area contributed by atoms with Gasteiger partial charge >= 0.3 is 0 Å². The minimum absolute atomic E-state index is 0.118. The van der Waals surface area contributed by atoms with Gasteiger partial charge in [-0.3, -0.25) is 9.69 Å². The van der Waals surface area contributed by atoms with Gasteiger partial charge in [0.2, 0.25) is 5.91 Å². The number of benzene rings is 1. The molecule has 1 amide bonds. The van der Waals surface area contributed by atoms with E-state index in [9.17, 15) is 4.79 Å². The van der Waals surface area contributed by atoms with E-state index < -0.39 is 0 Å². The molecular formula is C21H33N3O2. The Bertz CT molecular complexity index is 607. The highest BCUT2D eigenvalue weighted by Gasteiger charge is 2.43. The molecule has 0 saturated carbocycles. The molecule has 5 heteroatoms. The third kappa shape index (κ3) is 3.83. The average Bonchev–Trinajstić information content (AvgIpc) is 3.02. The van der Waals surface area contributed by atoms with Crippen LogP contribution in [0.15, 0.2) is 24.3 Å². The van der Waals surface area contributed by atoms with Crippen molar-refractivity contribution in [3.05, 3.63) is 24.3 Å². The van der Waals surface area contributed by atoms with E-state index in [0.717, 1.165) is 64.2 Å². The summed E-state index contributed by atoms with van der Waals surface area (Å²) in [6.45, 7) is 9.51. The van der Waals surface area contributed by atoms with E-state index in [0.29, 0.717) is 6.04 Å². The number of carbonyl (C=O) groups excluding carboxylic acids is 1. The molecule has 2 fully saturated rings. The molecular weight excluding hydrogens is 326 g/mol. The number of rotatable bonds is 7. The maximum atomic E-state index is 12.3. The Balaban J connectivity index is 1.47. The van der Waals surface area contributed by atoms with Crippen molar-refractivity contribution in [3.63, 3.8) is 0 Å². The fourth-order valence-electron chi connectivity index (χ4n) is 4.43. The summed E-state index contributed by atoms with van der Waals surface area (Å²) in [4.78, 5) is 17.3. The van der Waals surface area contributed by atoms with Crippen LogP contribution in [-0.4, -0.2) is 56.7 Å². The van der Waals surface area contributed by atoms with Crippen LogP contribution < -0.4 is 15.0 Å². The van der Waals surface area contributed by atoms with Crippen molar-refractivity contribution in [1.82, 2.24) is 10.2 Å². The second-order valence-corrected chi connectivity index (χ2v) is 7.65. The van der Waals surface area contributed by atoms with E-state index >= 15 is 0 Å². The lowest BCUT2D eigenvalue weighted by Crippen LogP contribution is -2.47. The highest BCUT2D eigenvalue weighted by atomic mass is 16.5. The van der Waals surface area contributed by atoms with E-state index in [-0.39, 0.29) is 11.3 Å². The van der Waals surface area contributed by atoms with E-state index in [4.69, 9.17) is 4.74 Å². The van der Waals surface area contributed by atoms with Crippen molar-refractivity contribution in [3.8, 4) is 5.75 Å². The first-order valence-corrected chi connectivity index (χ1v) is 10.0. The van der Waals surface area contributed by atoms with Gasteiger partial charge in [-0.1, -0.05) is 26.0 Å². The number of anilines is 1. The smallest absolute Gasteiger partial charge is 0.226 e. The summed E-state index contributed by atoms with van der Waals surface area (Å²) in [6.07, 6.45) is 3.95. The Hall–Kier alpha value is -1.75. The van der Waals surface area contributed by atoms with Gasteiger partial charge in [-0.2, -0.15) is 0 Å². The zero-order valence-corrected chi connectivity index (χ0v) is 16.5. The molecule has 0 aliphatic carbocycles. The molecule has 1 unspecified atom stereocenters. The third-order valence-corrected chi connectivity index (χ3v) is 6.40. The van der Waals surface area contributed by atoms with Gasteiger partial charge in [0.05, 0.1) is 18.2 Å². The van der Waals surface area contributed by atoms with Crippen LogP contribution in [0.2, 0.25) is 0 Å². The lowest BCUT2D eigenvalue weighted by molar-refractivity contribution is -0.128. The highest BCUT2D eigenvalue weighted by molar-refractivity contribution is 5.85. The molecule has 0 bridgehead atoms. The fourth-order valence-corrected chi connectivity index (χ4v) is 4.43. The molecule has 2 saturated heterocycles. The molecule has 1 N–H and O–H groups in total. The average molecular weight is 360 g/mol. The van der Waals surface area contributed by atoms with Crippen molar-refractivity contribution in [2.75, 3.05) is 44.7 Å². The number of nitrogens with one attached hydrogen (secondary N) is 1. The summed E-state index contributed by atoms with van der Waals surface area (Å²) in [5.74, 6) is 1.22. The molecule has 2 heterocycles. The molecule has 1 atom stereocenters. The molecule has 1 aromatic rings. The van der Waals surface area contributed by atoms with Gasteiger partial charge in [-0.05, 0) is 37.8 Å². The normalized spacial score (nSPS) is 23.1. The van der Waals surface area contributed by atoms with Gasteiger partial charge in [0.15, 0.2) is 0 Å². The number of hydrogen-bond donors (Lipinski definition) is 1. The second kappa shape index (κ2) is 8.30. The fraction of sp³-hybridized carbons (Fsp3) is 0.667. The number of methoxy groups -OCH3 is 1. The number of piperazine rings is 1. The zero-order chi connectivity index (χ0) is 18.6.